The first-order valence-corrected chi connectivity index (χ1v) is 12.2. The van der Waals surface area contributed by atoms with E-state index in [1.807, 2.05) is 30.3 Å². The summed E-state index contributed by atoms with van der Waals surface area (Å²) >= 11 is 0.348. The van der Waals surface area contributed by atoms with Crippen molar-refractivity contribution in [3.05, 3.63) is 70.2 Å². The van der Waals surface area contributed by atoms with Crippen LogP contribution < -0.4 is 5.73 Å². The zero-order valence-electron chi connectivity index (χ0n) is 18.2. The number of hydrogen-bond acceptors (Lipinski definition) is 6. The fourth-order valence-corrected chi connectivity index (χ4v) is 3.96. The highest BCUT2D eigenvalue weighted by molar-refractivity contribution is 8.02. The monoisotopic (exact) mass is 494 g/mol. The number of nitrogens with two attached hydrogens (primary N) is 1. The van der Waals surface area contributed by atoms with Crippen molar-refractivity contribution in [1.29, 1.82) is 0 Å². The molecular weight excluding hydrogens is 467 g/mol. The molecule has 0 aliphatic heterocycles. The number of nitrogen functional groups attached to an aromatic ring is 1. The molecule has 0 saturated heterocycles. The highest BCUT2D eigenvalue weighted by atomic mass is 32.1. The van der Waals surface area contributed by atoms with Crippen LogP contribution in [0.25, 0.3) is 6.08 Å². The van der Waals surface area contributed by atoms with Gasteiger partial charge in [-0.2, -0.15) is 0 Å². The molecule has 0 spiro atoms. The Morgan fingerprint density at radius 2 is 2.00 bits per heavy atom. The summed E-state index contributed by atoms with van der Waals surface area (Å²) in [5.41, 5.74) is 7.82. The lowest BCUT2D eigenvalue weighted by Crippen LogP contribution is -2.22. The Kier molecular flexibility index (Phi) is 10.1. The molecule has 0 atom stereocenters. The average molecular weight is 495 g/mol. The summed E-state index contributed by atoms with van der Waals surface area (Å²) in [5.74, 6) is 0.742. The Hall–Kier alpha value is -2.66. The van der Waals surface area contributed by atoms with E-state index < -0.39 is 7.82 Å². The number of phosphoric acid groups is 1. The van der Waals surface area contributed by atoms with E-state index >= 15 is 0 Å². The SMILES string of the molecule is C/C(=C(CCOP(=O)(O)O)/[SH]=C(O)\C=C\c1ccccc1)N(C=O)Cc1cnc(C)nc1N. The molecule has 33 heavy (non-hydrogen) atoms. The van der Waals surface area contributed by atoms with E-state index in [1.165, 1.54) is 17.2 Å². The third-order valence-corrected chi connectivity index (χ3v) is 6.12. The van der Waals surface area contributed by atoms with Crippen molar-refractivity contribution in [3.8, 4) is 0 Å². The van der Waals surface area contributed by atoms with Crippen LogP contribution in [0.3, 0.4) is 0 Å². The van der Waals surface area contributed by atoms with Gasteiger partial charge in [-0.05, 0) is 25.5 Å². The van der Waals surface area contributed by atoms with Gasteiger partial charge in [0.15, 0.2) is 0 Å². The zero-order valence-corrected chi connectivity index (χ0v) is 20.0. The second-order valence-corrected chi connectivity index (χ2v) is 9.34. The van der Waals surface area contributed by atoms with Crippen molar-refractivity contribution < 1.29 is 28.8 Å². The Bertz CT molecular complexity index is 1100. The first-order chi connectivity index (χ1) is 15.6. The molecule has 10 nitrogen and oxygen atoms in total. The molecule has 1 heterocycles. The van der Waals surface area contributed by atoms with Crippen LogP contribution in [0.1, 0.15) is 30.3 Å². The van der Waals surface area contributed by atoms with Crippen LogP contribution in [0, 0.1) is 6.92 Å². The number of anilines is 1. The van der Waals surface area contributed by atoms with Crippen molar-refractivity contribution >= 4 is 42.5 Å². The number of amides is 1. The van der Waals surface area contributed by atoms with Gasteiger partial charge in [0.2, 0.25) is 6.41 Å². The highest BCUT2D eigenvalue weighted by Gasteiger charge is 2.16. The second-order valence-electron chi connectivity index (χ2n) is 6.88. The van der Waals surface area contributed by atoms with Crippen molar-refractivity contribution in [2.45, 2.75) is 26.8 Å². The zero-order chi connectivity index (χ0) is 24.4. The Labute approximate surface area is 195 Å². The lowest BCUT2D eigenvalue weighted by atomic mass is 10.2. The van der Waals surface area contributed by atoms with Gasteiger partial charge < -0.3 is 25.5 Å². The van der Waals surface area contributed by atoms with Crippen molar-refractivity contribution in [3.63, 3.8) is 0 Å². The Balaban J connectivity index is 2.34. The minimum atomic E-state index is -4.66. The summed E-state index contributed by atoms with van der Waals surface area (Å²) in [6.45, 7) is 3.14. The van der Waals surface area contributed by atoms with Crippen LogP contribution in [0.5, 0.6) is 0 Å². The van der Waals surface area contributed by atoms with Gasteiger partial charge in [0, 0.05) is 28.8 Å². The summed E-state index contributed by atoms with van der Waals surface area (Å²) in [4.78, 5) is 39.9. The summed E-state index contributed by atoms with van der Waals surface area (Å²) in [6.07, 6.45) is 5.44. The van der Waals surface area contributed by atoms with Crippen LogP contribution >= 0.6 is 19.2 Å². The second kappa shape index (κ2) is 12.5. The molecular formula is C21H27N4O6PS. The smallest absolute Gasteiger partial charge is 0.383 e. The topological polar surface area (TPSA) is 159 Å². The fourth-order valence-electron chi connectivity index (χ4n) is 2.71. The van der Waals surface area contributed by atoms with Gasteiger partial charge in [-0.15, -0.1) is 11.4 Å². The number of carbonyl (C=O) groups is 1. The number of thiol groups is 1. The molecule has 2 rings (SSSR count). The lowest BCUT2D eigenvalue weighted by Gasteiger charge is -2.21. The number of aromatic nitrogens is 2. The van der Waals surface area contributed by atoms with E-state index in [-0.39, 0.29) is 30.4 Å². The number of benzene rings is 1. The number of aryl methyl sites for hydroxylation is 1. The average Bonchev–Trinajstić information content (AvgIpc) is 2.76. The molecule has 1 aromatic carbocycles. The van der Waals surface area contributed by atoms with Gasteiger partial charge in [-0.3, -0.25) is 9.32 Å². The molecule has 0 bridgehead atoms. The highest BCUT2D eigenvalue weighted by Crippen LogP contribution is 2.36. The predicted octanol–water partition coefficient (Wildman–Crippen LogP) is 2.92. The number of allylic oxidation sites excluding steroid dienone is 1. The van der Waals surface area contributed by atoms with E-state index in [2.05, 4.69) is 14.5 Å². The third kappa shape index (κ3) is 9.39. The van der Waals surface area contributed by atoms with E-state index in [1.54, 1.807) is 19.9 Å². The summed E-state index contributed by atoms with van der Waals surface area (Å²) in [5, 5.41) is 10.4. The first kappa shape index (κ1) is 26.6. The molecule has 178 valence electrons. The Morgan fingerprint density at radius 1 is 1.30 bits per heavy atom. The molecule has 5 N–H and O–H groups in total. The van der Waals surface area contributed by atoms with Crippen LogP contribution in [0.4, 0.5) is 5.82 Å². The standard InChI is InChI=1S/C21H27N4O6PS/c1-15(25(14-26)13-18-12-23-16(2)24-21(18)22)19(10-11-31-32(28,29)30)33-20(27)9-8-17-6-4-3-5-7-17/h3-9,12,14,27,33H,10-11,13H2,1-2H3,(H2,22,23,24)(H2,28,29,30)/b9-8+,19-15-. The van der Waals surface area contributed by atoms with E-state index in [0.29, 0.717) is 39.8 Å². The number of aliphatic hydroxyl groups is 1. The molecule has 0 aliphatic rings. The van der Waals surface area contributed by atoms with Gasteiger partial charge in [0.05, 0.1) is 18.2 Å². The van der Waals surface area contributed by atoms with Crippen molar-refractivity contribution in [2.24, 2.45) is 0 Å². The van der Waals surface area contributed by atoms with Gasteiger partial charge >= 0.3 is 7.82 Å². The van der Waals surface area contributed by atoms with E-state index in [0.717, 1.165) is 5.56 Å². The summed E-state index contributed by atoms with van der Waals surface area (Å²) in [7, 11) is -4.66. The third-order valence-electron chi connectivity index (χ3n) is 4.41. The molecule has 0 saturated carbocycles. The maximum Gasteiger partial charge on any atom is 0.469 e. The van der Waals surface area contributed by atoms with Gasteiger partial charge in [-0.1, -0.05) is 36.4 Å². The minimum Gasteiger partial charge on any atom is -0.383 e. The molecule has 0 unspecified atom stereocenters. The number of carbonyl (C=O) groups excluding carboxylic acids is 1. The summed E-state index contributed by atoms with van der Waals surface area (Å²) < 4.78 is 15.6. The summed E-state index contributed by atoms with van der Waals surface area (Å²) in [6, 6.07) is 9.36. The Morgan fingerprint density at radius 3 is 2.61 bits per heavy atom. The molecule has 1 aromatic heterocycles. The quantitative estimate of drug-likeness (QED) is 0.104. The molecule has 12 heteroatoms. The van der Waals surface area contributed by atoms with Gasteiger partial charge in [-0.25, -0.2) is 14.5 Å². The minimum absolute atomic E-state index is 0.0200. The van der Waals surface area contributed by atoms with Crippen LogP contribution in [0.2, 0.25) is 0 Å². The van der Waals surface area contributed by atoms with Crippen molar-refractivity contribution in [1.82, 2.24) is 14.9 Å². The maximum atomic E-state index is 11.8. The molecule has 2 aromatic rings. The number of phosphoric ester groups is 1. The van der Waals surface area contributed by atoms with Gasteiger partial charge in [0.1, 0.15) is 11.6 Å². The number of nitrogens with zero attached hydrogens (tertiary/aromatic N) is 3. The van der Waals surface area contributed by atoms with E-state index in [4.69, 9.17) is 15.5 Å². The van der Waals surface area contributed by atoms with E-state index in [9.17, 15) is 14.5 Å². The normalized spacial score (nSPS) is 13.4. The van der Waals surface area contributed by atoms with Gasteiger partial charge in [0.25, 0.3) is 0 Å². The molecule has 0 aliphatic carbocycles. The number of rotatable bonds is 11. The lowest BCUT2D eigenvalue weighted by molar-refractivity contribution is -0.116. The van der Waals surface area contributed by atoms with Crippen molar-refractivity contribution in [2.75, 3.05) is 12.3 Å². The maximum absolute atomic E-state index is 11.8. The van der Waals surface area contributed by atoms with Crippen LogP contribution in [0.15, 0.2) is 53.2 Å². The molecule has 1 amide bonds. The predicted molar refractivity (Wildman–Crippen MR) is 130 cm³/mol. The molecule has 0 radical (unpaired) electrons. The van der Waals surface area contributed by atoms with Crippen LogP contribution in [-0.2, 0) is 20.4 Å². The largest absolute Gasteiger partial charge is 0.469 e. The fraction of sp³-hybridized carbons (Fsp3) is 0.238. The first-order valence-electron chi connectivity index (χ1n) is 9.79. The van der Waals surface area contributed by atoms with Crippen LogP contribution in [-0.4, -0.2) is 47.8 Å². The molecule has 0 fully saturated rings. The number of hydrogen-bond donors (Lipinski definition) is 5. The number of aliphatic hydroxyl groups excluding tert-OH is 1.